The Hall–Kier alpha value is -9.62. The van der Waals surface area contributed by atoms with E-state index in [1.165, 1.54) is 64.8 Å². The van der Waals surface area contributed by atoms with Gasteiger partial charge in [-0.2, -0.15) is 0 Å². The number of halogens is 10. The van der Waals surface area contributed by atoms with E-state index in [0.717, 1.165) is 109 Å². The number of hydrogen-bond donors (Lipinski definition) is 0. The lowest BCUT2D eigenvalue weighted by molar-refractivity contribution is 0.0711. The molecule has 0 aliphatic rings. The highest BCUT2D eigenvalue weighted by molar-refractivity contribution is 7.12. The number of amides is 4. The summed E-state index contributed by atoms with van der Waals surface area (Å²) in [6.07, 6.45) is 5.94. The molecule has 0 fully saturated rings. The molecule has 0 saturated carbocycles. The van der Waals surface area contributed by atoms with Crippen molar-refractivity contribution in [3.05, 3.63) is 245 Å². The van der Waals surface area contributed by atoms with Crippen LogP contribution in [0.4, 0.5) is 30.7 Å². The summed E-state index contributed by atoms with van der Waals surface area (Å²) < 4.78 is 104. The highest BCUT2D eigenvalue weighted by Gasteiger charge is 2.29. The Morgan fingerprint density at radius 2 is 0.695 bits per heavy atom. The summed E-state index contributed by atoms with van der Waals surface area (Å²) in [6, 6.07) is 31.8. The zero-order valence-corrected chi connectivity index (χ0v) is 72.7. The molecule has 16 nitrogen and oxygen atoms in total. The van der Waals surface area contributed by atoms with E-state index in [2.05, 4.69) is 96.0 Å². The second-order valence-corrected chi connectivity index (χ2v) is 33.5. The van der Waals surface area contributed by atoms with Gasteiger partial charge in [-0.15, -0.1) is 11.3 Å². The van der Waals surface area contributed by atoms with Gasteiger partial charge in [0.1, 0.15) is 57.3 Å². The van der Waals surface area contributed by atoms with Crippen molar-refractivity contribution in [2.45, 2.75) is 194 Å². The van der Waals surface area contributed by atoms with E-state index < -0.39 is 34.7 Å². The molecule has 5 heterocycles. The Morgan fingerprint density at radius 3 is 1.01 bits per heavy atom. The molecule has 630 valence electrons. The van der Waals surface area contributed by atoms with E-state index in [9.17, 15) is 49.9 Å². The zero-order chi connectivity index (χ0) is 85.9. The van der Waals surface area contributed by atoms with Gasteiger partial charge in [0.2, 0.25) is 0 Å². The first kappa shape index (κ1) is 92.3. The molecule has 0 radical (unpaired) electrons. The average molecular weight is 1700 g/mol. The second kappa shape index (κ2) is 42.9. The van der Waals surface area contributed by atoms with Gasteiger partial charge in [0.15, 0.2) is 11.6 Å². The van der Waals surface area contributed by atoms with Crippen LogP contribution in [-0.4, -0.2) is 108 Å². The zero-order valence-electron chi connectivity index (χ0n) is 69.6. The first-order valence-corrected chi connectivity index (χ1v) is 42.4. The lowest BCUT2D eigenvalue weighted by atomic mass is 10.1. The van der Waals surface area contributed by atoms with E-state index in [-0.39, 0.29) is 54.2 Å². The number of nitrogens with zero attached hydrogens (tertiary/aromatic N) is 12. The summed E-state index contributed by atoms with van der Waals surface area (Å²) in [5.41, 5.74) is 8.18. The summed E-state index contributed by atoms with van der Waals surface area (Å²) in [4.78, 5) is 78.6. The number of hydrogen-bond acceptors (Lipinski definition) is 9. The van der Waals surface area contributed by atoms with Gasteiger partial charge in [0.05, 0.1) is 80.9 Å². The van der Waals surface area contributed by atoms with E-state index in [1.54, 1.807) is 58.3 Å². The molecular weight excluding hydrogens is 1600 g/mol. The lowest BCUT2D eigenvalue weighted by Gasteiger charge is -2.25. The van der Waals surface area contributed by atoms with E-state index in [1.807, 2.05) is 67.7 Å². The van der Waals surface area contributed by atoms with Gasteiger partial charge in [-0.25, -0.2) is 50.7 Å². The summed E-state index contributed by atoms with van der Waals surface area (Å²) in [6.45, 7) is 34.9. The molecule has 0 saturated heterocycles. The van der Waals surface area contributed by atoms with Crippen LogP contribution in [0.15, 0.2) is 133 Å². The number of rotatable bonds is 31. The van der Waals surface area contributed by atoms with E-state index >= 15 is 0 Å². The van der Waals surface area contributed by atoms with Crippen LogP contribution < -0.4 is 0 Å². The molecule has 0 bridgehead atoms. The Kier molecular flexibility index (Phi) is 33.5. The topological polar surface area (TPSA) is 153 Å². The highest BCUT2D eigenvalue weighted by atomic mass is 35.5. The molecule has 118 heavy (non-hydrogen) atoms. The van der Waals surface area contributed by atoms with Gasteiger partial charge in [-0.3, -0.25) is 19.2 Å². The maximum atomic E-state index is 14.3. The smallest absolute Gasteiger partial charge is 0.265 e. The Labute approximate surface area is 705 Å². The molecule has 0 unspecified atom stereocenters. The van der Waals surface area contributed by atoms with Gasteiger partial charge in [0, 0.05) is 104 Å². The van der Waals surface area contributed by atoms with Crippen LogP contribution in [0.1, 0.15) is 203 Å². The Balaban J connectivity index is 0.000000179. The standard InChI is InChI=1S/C24H29ClFN3O.C23H27ClFN3O.C23H25F4N3O.C21H25ClFN3OS/c1-5-11-29-22-9-8-19(26)14-21(22)27-23(29)15-28(12-10-16(2)3)24(30)18-7-6-17(4)20(25)13-18;1-5-10-28-21-9-8-18(25)12-20(21)26-22(28)14-27(13-15(2)3)23(29)17-7-6-16(4)19(24)11-17;1-4-8-30-21-6-5-15(24)10-20(21)28-22(30)13-29(9-7-14(2)3)23(31)16-11-18(26)19(27)12-17(16)25;1-4-9-26-18-6-5-15(23)12-17(18)24-19(26)13-25(10-7-14(2)3)21(27)20-16(22)8-11-28-20/h6-9,13-14,16H,5,10-12,15H2,1-4H3;6-9,11-12,15H,5,10,13-14H2,1-4H3;5-6,10-12,14H,4,7-9,13H2,1-3H3;5-6,8,11-12,14H,4,7,9-10,13H2,1-3H3. The molecule has 4 amide bonds. The van der Waals surface area contributed by atoms with Crippen LogP contribution in [0.3, 0.4) is 0 Å². The minimum Gasteiger partial charge on any atom is -0.331 e. The van der Waals surface area contributed by atoms with Gasteiger partial charge >= 0.3 is 0 Å². The third kappa shape index (κ3) is 24.1. The summed E-state index contributed by atoms with van der Waals surface area (Å²) in [5.74, 6) is -1.79. The van der Waals surface area contributed by atoms with Crippen LogP contribution in [-0.2, 0) is 52.4 Å². The fourth-order valence-electron chi connectivity index (χ4n) is 13.6. The number of carbonyl (C=O) groups is 4. The fraction of sp³-hybridized carbons (Fsp3) is 0.407. The number of benzene rings is 7. The third-order valence-corrected chi connectivity index (χ3v) is 22.0. The van der Waals surface area contributed by atoms with Crippen molar-refractivity contribution in [1.82, 2.24) is 57.8 Å². The van der Waals surface area contributed by atoms with Crippen molar-refractivity contribution in [3.63, 3.8) is 0 Å². The second-order valence-electron chi connectivity index (χ2n) is 31.3. The predicted molar refractivity (Wildman–Crippen MR) is 460 cm³/mol. The Morgan fingerprint density at radius 1 is 0.373 bits per heavy atom. The van der Waals surface area contributed by atoms with Gasteiger partial charge in [-0.05, 0) is 184 Å². The highest BCUT2D eigenvalue weighted by Crippen LogP contribution is 2.31. The van der Waals surface area contributed by atoms with Crippen LogP contribution >= 0.6 is 46.1 Å². The number of imidazole rings is 4. The minimum absolute atomic E-state index is 0.0281. The maximum Gasteiger partial charge on any atom is 0.265 e. The molecule has 0 aliphatic carbocycles. The summed E-state index contributed by atoms with van der Waals surface area (Å²) in [5, 5.41) is 3.46. The van der Waals surface area contributed by atoms with Crippen molar-refractivity contribution in [1.29, 1.82) is 0 Å². The van der Waals surface area contributed by atoms with Crippen LogP contribution in [0.25, 0.3) is 44.1 Å². The van der Waals surface area contributed by atoms with Crippen molar-refractivity contribution < 1.29 is 49.9 Å². The first-order valence-electron chi connectivity index (χ1n) is 40.4. The van der Waals surface area contributed by atoms with Crippen molar-refractivity contribution in [2.75, 3.05) is 26.2 Å². The van der Waals surface area contributed by atoms with Crippen LogP contribution in [0, 0.1) is 78.2 Å². The summed E-state index contributed by atoms with van der Waals surface area (Å²) in [7, 11) is 0. The number of thiophene rings is 1. The number of fused-ring (bicyclic) bond motifs is 4. The van der Waals surface area contributed by atoms with Crippen LogP contribution in [0.2, 0.25) is 15.1 Å². The van der Waals surface area contributed by atoms with Gasteiger partial charge < -0.3 is 37.9 Å². The molecule has 27 heteroatoms. The van der Waals surface area contributed by atoms with Gasteiger partial charge in [0.25, 0.3) is 23.6 Å². The molecule has 0 N–H and O–H groups in total. The average Bonchev–Trinajstić information content (AvgIpc) is 1.63. The number of aryl methyl sites for hydroxylation is 6. The number of aromatic nitrogens is 8. The molecule has 0 aliphatic heterocycles. The third-order valence-electron chi connectivity index (χ3n) is 19.8. The summed E-state index contributed by atoms with van der Waals surface area (Å²) >= 11 is 20.1. The quantitative estimate of drug-likeness (QED) is 0.0307. The monoisotopic (exact) mass is 1700 g/mol. The molecular formula is C91H106Cl3F7N12O4S. The van der Waals surface area contributed by atoms with Crippen molar-refractivity contribution >= 4 is 114 Å². The minimum atomic E-state index is -1.35. The van der Waals surface area contributed by atoms with Gasteiger partial charge in [-0.1, -0.05) is 130 Å². The normalized spacial score (nSPS) is 11.5. The molecule has 0 spiro atoms. The predicted octanol–water partition coefficient (Wildman–Crippen LogP) is 23.8. The molecule has 12 rings (SSSR count). The van der Waals surface area contributed by atoms with E-state index in [4.69, 9.17) is 34.8 Å². The SMILES string of the molecule is CCCn1c(CN(CC(C)C)C(=O)c2ccc(C)c(Cl)c2)nc2cc(F)ccc21.CCCn1c(CN(CCC(C)C)C(=O)c2cc(F)c(F)cc2F)nc2cc(F)ccc21.CCCn1c(CN(CCC(C)C)C(=O)c2ccc(C)c(Cl)c2)nc2cc(F)ccc21.CCCn1c(CN(CCC(C)C)C(=O)c2sccc2Cl)nc2cc(F)ccc21. The molecule has 7 aromatic carbocycles. The molecule has 12 aromatic rings. The fourth-order valence-corrected chi connectivity index (χ4v) is 15.1. The molecule has 0 atom stereocenters. The van der Waals surface area contributed by atoms with Crippen molar-refractivity contribution in [2.24, 2.45) is 23.7 Å². The van der Waals surface area contributed by atoms with Crippen molar-refractivity contribution in [3.8, 4) is 0 Å². The Bertz CT molecular complexity index is 5460. The van der Waals surface area contributed by atoms with E-state index in [0.29, 0.717) is 141 Å². The van der Waals surface area contributed by atoms with Crippen LogP contribution in [0.5, 0.6) is 0 Å². The molecule has 5 aromatic heterocycles. The lowest BCUT2D eigenvalue weighted by Crippen LogP contribution is -2.34. The number of carbonyl (C=O) groups excluding carboxylic acids is 4. The maximum absolute atomic E-state index is 14.3. The first-order chi connectivity index (χ1) is 56.2. The largest absolute Gasteiger partial charge is 0.331 e.